The van der Waals surface area contributed by atoms with Gasteiger partial charge in [-0.15, -0.1) is 0 Å². The fourth-order valence-corrected chi connectivity index (χ4v) is 2.72. The minimum atomic E-state index is -0.260. The SMILES string of the molecule is COC(=O)CCc1cc(C(C)(C)C)c(OCOC(C)(C)C)c(C(C)(C)C)c1. The Morgan fingerprint density at radius 2 is 1.37 bits per heavy atom. The van der Waals surface area contributed by atoms with Crippen LogP contribution in [0.5, 0.6) is 5.75 Å². The van der Waals surface area contributed by atoms with Gasteiger partial charge in [0.25, 0.3) is 0 Å². The van der Waals surface area contributed by atoms with E-state index in [4.69, 9.17) is 14.2 Å². The van der Waals surface area contributed by atoms with Gasteiger partial charge in [0, 0.05) is 17.5 Å². The number of hydrogen-bond acceptors (Lipinski definition) is 4. The molecule has 0 aliphatic rings. The molecule has 0 fully saturated rings. The molecule has 0 unspecified atom stereocenters. The third-order valence-electron chi connectivity index (χ3n) is 4.31. The van der Waals surface area contributed by atoms with Crippen molar-refractivity contribution in [2.45, 2.75) is 91.6 Å². The molecule has 1 aromatic carbocycles. The topological polar surface area (TPSA) is 44.8 Å². The predicted molar refractivity (Wildman–Crippen MR) is 111 cm³/mol. The van der Waals surface area contributed by atoms with Crippen LogP contribution < -0.4 is 4.74 Å². The van der Waals surface area contributed by atoms with Gasteiger partial charge in [0.15, 0.2) is 6.79 Å². The number of benzene rings is 1. The van der Waals surface area contributed by atoms with Crippen LogP contribution in [-0.2, 0) is 31.5 Å². The highest BCUT2D eigenvalue weighted by Gasteiger charge is 2.28. The molecule has 0 atom stereocenters. The van der Waals surface area contributed by atoms with Gasteiger partial charge in [-0.25, -0.2) is 0 Å². The molecule has 4 nitrogen and oxygen atoms in total. The second-order valence-electron chi connectivity index (χ2n) is 10.1. The first-order valence-electron chi connectivity index (χ1n) is 9.66. The molecule has 0 aromatic heterocycles. The number of methoxy groups -OCH3 is 1. The molecule has 0 radical (unpaired) electrons. The number of hydrogen-bond donors (Lipinski definition) is 0. The van der Waals surface area contributed by atoms with E-state index in [0.717, 1.165) is 22.4 Å². The van der Waals surface area contributed by atoms with Crippen LogP contribution in [0.1, 0.15) is 85.4 Å². The average molecular weight is 379 g/mol. The number of carbonyl (C=O) groups excluding carboxylic acids is 1. The molecule has 154 valence electrons. The fourth-order valence-electron chi connectivity index (χ4n) is 2.72. The van der Waals surface area contributed by atoms with Crippen LogP contribution in [-0.4, -0.2) is 25.5 Å². The van der Waals surface area contributed by atoms with Crippen molar-refractivity contribution < 1.29 is 19.0 Å². The molecule has 0 N–H and O–H groups in total. The zero-order valence-corrected chi connectivity index (χ0v) is 18.9. The molecule has 0 saturated carbocycles. The lowest BCUT2D eigenvalue weighted by molar-refractivity contribution is -0.140. The van der Waals surface area contributed by atoms with Crippen molar-refractivity contribution in [3.05, 3.63) is 28.8 Å². The molecule has 0 saturated heterocycles. The summed E-state index contributed by atoms with van der Waals surface area (Å²) in [5, 5.41) is 0. The van der Waals surface area contributed by atoms with Gasteiger partial charge < -0.3 is 14.2 Å². The van der Waals surface area contributed by atoms with E-state index in [0.29, 0.717) is 12.8 Å². The highest BCUT2D eigenvalue weighted by molar-refractivity contribution is 5.69. The average Bonchev–Trinajstić information content (AvgIpc) is 2.49. The molecule has 0 bridgehead atoms. The van der Waals surface area contributed by atoms with Crippen molar-refractivity contribution in [2.75, 3.05) is 13.9 Å². The third kappa shape index (κ3) is 7.53. The van der Waals surface area contributed by atoms with E-state index in [9.17, 15) is 4.79 Å². The van der Waals surface area contributed by atoms with Gasteiger partial charge in [-0.05, 0) is 43.6 Å². The second-order valence-corrected chi connectivity index (χ2v) is 10.1. The van der Waals surface area contributed by atoms with Crippen molar-refractivity contribution in [3.8, 4) is 5.75 Å². The minimum absolute atomic E-state index is 0.0989. The lowest BCUT2D eigenvalue weighted by Gasteiger charge is -2.31. The van der Waals surface area contributed by atoms with Crippen LogP contribution in [0, 0.1) is 0 Å². The smallest absolute Gasteiger partial charge is 0.305 e. The standard InChI is InChI=1S/C23H38O4/c1-21(2,3)17-13-16(11-12-19(24)25-10)14-18(22(4,5)6)20(17)26-15-27-23(7,8)9/h13-14H,11-12,15H2,1-10H3. The van der Waals surface area contributed by atoms with Gasteiger partial charge in [-0.1, -0.05) is 53.7 Å². The van der Waals surface area contributed by atoms with Gasteiger partial charge in [0.05, 0.1) is 12.7 Å². The number of carbonyl (C=O) groups is 1. The summed E-state index contributed by atoms with van der Waals surface area (Å²) in [5.74, 6) is 0.699. The normalized spacial score (nSPS) is 12.8. The monoisotopic (exact) mass is 378 g/mol. The minimum Gasteiger partial charge on any atom is -0.469 e. The fraction of sp³-hybridized carbons (Fsp3) is 0.696. The first-order valence-corrected chi connectivity index (χ1v) is 9.66. The Balaban J connectivity index is 3.37. The van der Waals surface area contributed by atoms with Gasteiger partial charge in [-0.3, -0.25) is 4.79 Å². The summed E-state index contributed by atoms with van der Waals surface area (Å²) < 4.78 is 16.8. The number of esters is 1. The van der Waals surface area contributed by atoms with Crippen LogP contribution in [0.2, 0.25) is 0 Å². The van der Waals surface area contributed by atoms with Crippen molar-refractivity contribution in [1.82, 2.24) is 0 Å². The molecule has 1 aromatic rings. The summed E-state index contributed by atoms with van der Waals surface area (Å²) >= 11 is 0. The molecule has 1 rings (SSSR count). The van der Waals surface area contributed by atoms with Crippen molar-refractivity contribution >= 4 is 5.97 Å². The van der Waals surface area contributed by atoms with E-state index in [1.54, 1.807) is 0 Å². The quantitative estimate of drug-likeness (QED) is 0.482. The molecule has 0 aliphatic carbocycles. The summed E-state index contributed by atoms with van der Waals surface area (Å²) in [5.41, 5.74) is 2.93. The van der Waals surface area contributed by atoms with Crippen molar-refractivity contribution in [2.24, 2.45) is 0 Å². The Labute approximate surface area is 165 Å². The Morgan fingerprint density at radius 1 is 0.889 bits per heavy atom. The first kappa shape index (κ1) is 23.5. The zero-order chi connectivity index (χ0) is 21.0. The van der Waals surface area contributed by atoms with Gasteiger partial charge >= 0.3 is 5.97 Å². The summed E-state index contributed by atoms with van der Waals surface area (Å²) in [6, 6.07) is 4.31. The van der Waals surface area contributed by atoms with Crippen LogP contribution in [0.4, 0.5) is 0 Å². The van der Waals surface area contributed by atoms with E-state index in [-0.39, 0.29) is 29.2 Å². The van der Waals surface area contributed by atoms with Crippen molar-refractivity contribution in [3.63, 3.8) is 0 Å². The van der Waals surface area contributed by atoms with E-state index >= 15 is 0 Å². The maximum absolute atomic E-state index is 11.6. The molecule has 0 aliphatic heterocycles. The Kier molecular flexibility index (Phi) is 7.52. The molecular formula is C23H38O4. The second kappa shape index (κ2) is 8.64. The van der Waals surface area contributed by atoms with E-state index in [1.807, 2.05) is 20.8 Å². The molecular weight excluding hydrogens is 340 g/mol. The maximum Gasteiger partial charge on any atom is 0.305 e. The predicted octanol–water partition coefficient (Wildman–Crippen LogP) is 5.54. The number of rotatable bonds is 6. The summed E-state index contributed by atoms with van der Waals surface area (Å²) in [6.07, 6.45) is 1.02. The van der Waals surface area contributed by atoms with Crippen molar-refractivity contribution in [1.29, 1.82) is 0 Å². The summed E-state index contributed by atoms with van der Waals surface area (Å²) in [4.78, 5) is 11.6. The van der Waals surface area contributed by atoms with Gasteiger partial charge in [0.1, 0.15) is 5.75 Å². The van der Waals surface area contributed by atoms with Gasteiger partial charge in [-0.2, -0.15) is 0 Å². The number of ether oxygens (including phenoxy) is 3. The molecule has 0 spiro atoms. The Hall–Kier alpha value is -1.55. The lowest BCUT2D eigenvalue weighted by Crippen LogP contribution is -2.25. The molecule has 0 heterocycles. The van der Waals surface area contributed by atoms with Gasteiger partial charge in [0.2, 0.25) is 0 Å². The van der Waals surface area contributed by atoms with Crippen LogP contribution in [0.15, 0.2) is 12.1 Å². The van der Waals surface area contributed by atoms with Crippen LogP contribution >= 0.6 is 0 Å². The lowest BCUT2D eigenvalue weighted by atomic mass is 9.78. The van der Waals surface area contributed by atoms with E-state index in [1.165, 1.54) is 7.11 Å². The largest absolute Gasteiger partial charge is 0.469 e. The number of aryl methyl sites for hydroxylation is 1. The molecule has 0 amide bonds. The first-order chi connectivity index (χ1) is 12.1. The zero-order valence-electron chi connectivity index (χ0n) is 18.9. The summed E-state index contributed by atoms with van der Waals surface area (Å²) in [7, 11) is 1.43. The maximum atomic E-state index is 11.6. The van der Waals surface area contributed by atoms with E-state index < -0.39 is 0 Å². The highest BCUT2D eigenvalue weighted by Crippen LogP contribution is 2.41. The third-order valence-corrected chi connectivity index (χ3v) is 4.31. The molecule has 4 heteroatoms. The van der Waals surface area contributed by atoms with Crippen LogP contribution in [0.3, 0.4) is 0 Å². The molecule has 27 heavy (non-hydrogen) atoms. The summed E-state index contributed by atoms with van der Waals surface area (Å²) in [6.45, 7) is 19.3. The van der Waals surface area contributed by atoms with E-state index in [2.05, 4.69) is 53.7 Å². The Bertz CT molecular complexity index is 605. The highest BCUT2D eigenvalue weighted by atomic mass is 16.7. The van der Waals surface area contributed by atoms with Crippen LogP contribution in [0.25, 0.3) is 0 Å². The Morgan fingerprint density at radius 3 is 1.74 bits per heavy atom.